The minimum absolute atomic E-state index is 0.0659. The predicted molar refractivity (Wildman–Crippen MR) is 179 cm³/mol. The zero-order valence-electron chi connectivity index (χ0n) is 27.7. The topological polar surface area (TPSA) is 159 Å². The second-order valence-corrected chi connectivity index (χ2v) is 15.8. The molecule has 51 heavy (non-hydrogen) atoms. The lowest BCUT2D eigenvalue weighted by Crippen LogP contribution is -2.45. The van der Waals surface area contributed by atoms with Gasteiger partial charge < -0.3 is 19.8 Å². The number of benzene rings is 2. The first-order chi connectivity index (χ1) is 24.2. The lowest BCUT2D eigenvalue weighted by molar-refractivity contribution is -0.141. The lowest BCUT2D eigenvalue weighted by Gasteiger charge is -2.43. The molecule has 1 unspecified atom stereocenters. The summed E-state index contributed by atoms with van der Waals surface area (Å²) in [6.45, 7) is -0.0739. The van der Waals surface area contributed by atoms with E-state index < -0.39 is 39.3 Å². The standard InChI is InChI=1S/C36H36F3N5O6S/c1-49-31(45)11-3-21-12-13-35(16-23(14-21)17-35)34-43-42-32(50-34)25-6-10-30-29(15-25)44(33(46)27(40)20-51(30,47)48)19-22-2-9-28(41-18-22)24-4-7-26(8-5-24)36(37,38)39/h2,4-10,15,18,21,23,27H,3,11-14,16-17,19-20,40H2,1H3/t21?,23?,27-,35?/m0/s1. The van der Waals surface area contributed by atoms with E-state index in [0.717, 1.165) is 50.7 Å². The number of alkyl halides is 3. The van der Waals surface area contributed by atoms with Crippen molar-refractivity contribution in [1.29, 1.82) is 0 Å². The molecule has 11 nitrogen and oxygen atoms in total. The molecule has 0 radical (unpaired) electrons. The second kappa shape index (κ2) is 13.2. The van der Waals surface area contributed by atoms with Crippen LogP contribution in [0, 0.1) is 11.8 Å². The highest BCUT2D eigenvalue weighted by atomic mass is 32.2. The Labute approximate surface area is 292 Å². The van der Waals surface area contributed by atoms with Crippen molar-refractivity contribution in [2.75, 3.05) is 17.8 Å². The monoisotopic (exact) mass is 723 g/mol. The van der Waals surface area contributed by atoms with Crippen LogP contribution in [0.5, 0.6) is 0 Å². The van der Waals surface area contributed by atoms with Crippen molar-refractivity contribution < 1.29 is 40.3 Å². The average molecular weight is 724 g/mol. The van der Waals surface area contributed by atoms with Gasteiger partial charge in [0.15, 0.2) is 9.84 Å². The van der Waals surface area contributed by atoms with Gasteiger partial charge in [-0.15, -0.1) is 10.2 Å². The van der Waals surface area contributed by atoms with Gasteiger partial charge in [-0.2, -0.15) is 13.2 Å². The number of rotatable bonds is 8. The summed E-state index contributed by atoms with van der Waals surface area (Å²) < 4.78 is 76.9. The van der Waals surface area contributed by atoms with Crippen LogP contribution in [0.15, 0.2) is 70.1 Å². The molecule has 268 valence electrons. The number of carbonyl (C=O) groups is 2. The Morgan fingerprint density at radius 1 is 1.08 bits per heavy atom. The second-order valence-electron chi connectivity index (χ2n) is 13.8. The largest absolute Gasteiger partial charge is 0.469 e. The van der Waals surface area contributed by atoms with Crippen molar-refractivity contribution >= 4 is 27.4 Å². The molecule has 8 rings (SSSR count). The molecule has 4 aromatic rings. The number of anilines is 1. The first-order valence-corrected chi connectivity index (χ1v) is 18.4. The summed E-state index contributed by atoms with van der Waals surface area (Å²) in [5.74, 6) is 0.257. The molecule has 2 bridgehead atoms. The highest BCUT2D eigenvalue weighted by Crippen LogP contribution is 2.56. The first kappa shape index (κ1) is 34.8. The maximum Gasteiger partial charge on any atom is 0.416 e. The molecule has 15 heteroatoms. The third-order valence-corrected chi connectivity index (χ3v) is 12.2. The Balaban J connectivity index is 1.14. The molecule has 2 atom stereocenters. The van der Waals surface area contributed by atoms with Crippen LogP contribution in [-0.2, 0) is 42.3 Å². The number of aromatic nitrogens is 3. The number of sulfone groups is 1. The van der Waals surface area contributed by atoms with Crippen LogP contribution in [0.3, 0.4) is 0 Å². The van der Waals surface area contributed by atoms with Gasteiger partial charge in [0.25, 0.3) is 0 Å². The molecule has 1 amide bonds. The molecule has 1 aliphatic heterocycles. The molecule has 3 saturated carbocycles. The van der Waals surface area contributed by atoms with Gasteiger partial charge >= 0.3 is 12.1 Å². The van der Waals surface area contributed by atoms with Crippen LogP contribution in [0.1, 0.15) is 62.0 Å². The van der Waals surface area contributed by atoms with Gasteiger partial charge in [0, 0.05) is 29.2 Å². The number of hydrogen-bond acceptors (Lipinski definition) is 10. The van der Waals surface area contributed by atoms with E-state index in [1.165, 1.54) is 36.4 Å². The predicted octanol–water partition coefficient (Wildman–Crippen LogP) is 5.87. The van der Waals surface area contributed by atoms with Crippen LogP contribution in [0.4, 0.5) is 18.9 Å². The summed E-state index contributed by atoms with van der Waals surface area (Å²) in [6, 6.07) is 11.1. The number of methoxy groups -OCH3 is 1. The van der Waals surface area contributed by atoms with Crippen molar-refractivity contribution in [2.45, 2.75) is 74.0 Å². The number of esters is 1. The van der Waals surface area contributed by atoms with E-state index in [4.69, 9.17) is 14.9 Å². The van der Waals surface area contributed by atoms with Crippen molar-refractivity contribution in [3.63, 3.8) is 0 Å². The quantitative estimate of drug-likeness (QED) is 0.218. The van der Waals surface area contributed by atoms with E-state index >= 15 is 0 Å². The third kappa shape index (κ3) is 6.88. The van der Waals surface area contributed by atoms with E-state index in [1.54, 1.807) is 24.3 Å². The number of carbonyl (C=O) groups excluding carboxylic acids is 2. The Morgan fingerprint density at radius 2 is 1.82 bits per heavy atom. The van der Waals surface area contributed by atoms with E-state index in [-0.39, 0.29) is 34.4 Å². The molecule has 4 aliphatic rings. The molecule has 2 aromatic heterocycles. The van der Waals surface area contributed by atoms with Gasteiger partial charge in [0.2, 0.25) is 17.7 Å². The van der Waals surface area contributed by atoms with Gasteiger partial charge in [-0.05, 0) is 92.3 Å². The number of fused-ring (bicyclic) bond motifs is 4. The molecule has 2 aromatic carbocycles. The van der Waals surface area contributed by atoms with E-state index in [0.29, 0.717) is 46.5 Å². The van der Waals surface area contributed by atoms with Gasteiger partial charge in [-0.25, -0.2) is 8.42 Å². The van der Waals surface area contributed by atoms with Crippen molar-refractivity contribution in [2.24, 2.45) is 17.6 Å². The highest BCUT2D eigenvalue weighted by molar-refractivity contribution is 7.91. The molecule has 0 spiro atoms. The maximum atomic E-state index is 13.6. The van der Waals surface area contributed by atoms with Crippen LogP contribution in [0.2, 0.25) is 0 Å². The fraction of sp³-hybridized carbons (Fsp3) is 0.417. The summed E-state index contributed by atoms with van der Waals surface area (Å²) in [5, 5.41) is 8.76. The summed E-state index contributed by atoms with van der Waals surface area (Å²) in [5.41, 5.74) is 7.07. The SMILES string of the molecule is COC(=O)CCC1CCC2(c3nnc(-c4ccc5c(c4)N(Cc4ccc(-c6ccc(C(F)(F)F)cc6)nc4)C(=O)[C@@H](N)CS5(=O)=O)o3)CC(C1)C2. The summed E-state index contributed by atoms with van der Waals surface area (Å²) in [7, 11) is -2.56. The third-order valence-electron chi connectivity index (χ3n) is 10.4. The average Bonchev–Trinajstić information content (AvgIpc) is 3.40. The number of pyridine rings is 1. The number of hydrogen-bond donors (Lipinski definition) is 1. The number of amides is 1. The summed E-state index contributed by atoms with van der Waals surface area (Å²) in [4.78, 5) is 30.9. The number of ether oxygens (including phenoxy) is 1. The van der Waals surface area contributed by atoms with Crippen LogP contribution >= 0.6 is 0 Å². The summed E-state index contributed by atoms with van der Waals surface area (Å²) in [6.07, 6.45) is 2.85. The maximum absolute atomic E-state index is 13.6. The fourth-order valence-corrected chi connectivity index (χ4v) is 9.27. The minimum atomic E-state index is -4.46. The first-order valence-electron chi connectivity index (χ1n) is 16.7. The Bertz CT molecular complexity index is 2060. The summed E-state index contributed by atoms with van der Waals surface area (Å²) >= 11 is 0. The van der Waals surface area contributed by atoms with E-state index in [1.807, 2.05) is 0 Å². The zero-order chi connectivity index (χ0) is 36.1. The normalized spacial score (nSPS) is 24.2. The van der Waals surface area contributed by atoms with E-state index in [2.05, 4.69) is 15.2 Å². The number of nitrogens with two attached hydrogens (primary N) is 1. The van der Waals surface area contributed by atoms with Crippen molar-refractivity contribution in [3.05, 3.63) is 77.8 Å². The minimum Gasteiger partial charge on any atom is -0.469 e. The molecule has 3 aliphatic carbocycles. The molecule has 3 heterocycles. The molecule has 2 N–H and O–H groups in total. The highest BCUT2D eigenvalue weighted by Gasteiger charge is 2.52. The molecule has 0 saturated heterocycles. The zero-order valence-corrected chi connectivity index (χ0v) is 28.5. The number of halogens is 3. The number of nitrogens with zero attached hydrogens (tertiary/aromatic N) is 4. The van der Waals surface area contributed by atoms with Gasteiger partial charge in [0.05, 0.1) is 47.3 Å². The Morgan fingerprint density at radius 3 is 2.51 bits per heavy atom. The van der Waals surface area contributed by atoms with Gasteiger partial charge in [-0.3, -0.25) is 14.6 Å². The van der Waals surface area contributed by atoms with Crippen LogP contribution in [-0.4, -0.2) is 54.4 Å². The van der Waals surface area contributed by atoms with Crippen LogP contribution < -0.4 is 10.6 Å². The van der Waals surface area contributed by atoms with Gasteiger partial charge in [0.1, 0.15) is 0 Å². The van der Waals surface area contributed by atoms with E-state index in [9.17, 15) is 31.2 Å². The van der Waals surface area contributed by atoms with Crippen molar-refractivity contribution in [1.82, 2.24) is 15.2 Å². The Kier molecular flexibility index (Phi) is 8.98. The van der Waals surface area contributed by atoms with Gasteiger partial charge in [-0.1, -0.05) is 18.2 Å². The lowest BCUT2D eigenvalue weighted by atomic mass is 9.61. The molecular formula is C36H36F3N5O6S. The fourth-order valence-electron chi connectivity index (χ4n) is 7.71. The van der Waals surface area contributed by atoms with Crippen LogP contribution in [0.25, 0.3) is 22.7 Å². The molecular weight excluding hydrogens is 687 g/mol. The Hall–Kier alpha value is -4.63. The molecule has 3 fully saturated rings. The smallest absolute Gasteiger partial charge is 0.416 e. The van der Waals surface area contributed by atoms with Crippen molar-refractivity contribution in [3.8, 4) is 22.7 Å².